The highest BCUT2D eigenvalue weighted by atomic mass is 15.0. The number of para-hydroxylation sites is 2. The minimum absolute atomic E-state index is 0.285. The SMILES string of the molecule is C1=CCC(n2c3ccccc3c3c(-c4ccc(-n5c6ccccc6c6cc(-c7ccnc(-c8nc(-c9ccccc9)nc(-c9ccccc9)n8)c7)ccc65)cc4)cccc32)C=C1. The lowest BCUT2D eigenvalue weighted by Gasteiger charge is -2.18. The maximum atomic E-state index is 4.94. The average molecular weight is 795 g/mol. The molecule has 12 rings (SSSR count). The maximum absolute atomic E-state index is 4.94. The smallest absolute Gasteiger partial charge is 0.182 e. The number of benzene rings is 7. The molecule has 4 aromatic heterocycles. The van der Waals surface area contributed by atoms with E-state index < -0.39 is 0 Å². The van der Waals surface area contributed by atoms with Crippen LogP contribution in [0.15, 0.2) is 212 Å². The molecule has 7 aromatic carbocycles. The first-order valence-corrected chi connectivity index (χ1v) is 21.1. The Bertz CT molecular complexity index is 3490. The lowest BCUT2D eigenvalue weighted by Crippen LogP contribution is -2.06. The summed E-state index contributed by atoms with van der Waals surface area (Å²) in [4.78, 5) is 19.5. The molecule has 1 aliphatic carbocycles. The third-order valence-corrected chi connectivity index (χ3v) is 12.2. The van der Waals surface area contributed by atoms with Crippen LogP contribution in [0.1, 0.15) is 12.5 Å². The van der Waals surface area contributed by atoms with Crippen molar-refractivity contribution in [3.05, 3.63) is 212 Å². The second-order valence-corrected chi connectivity index (χ2v) is 15.8. The number of allylic oxidation sites excluding steroid dienone is 4. The molecular formula is C56H38N6. The Kier molecular flexibility index (Phi) is 8.52. The van der Waals surface area contributed by atoms with Crippen molar-refractivity contribution in [2.75, 3.05) is 0 Å². The Morgan fingerprint density at radius 2 is 1.06 bits per heavy atom. The Labute approximate surface area is 358 Å². The van der Waals surface area contributed by atoms with Crippen LogP contribution < -0.4 is 0 Å². The summed E-state index contributed by atoms with van der Waals surface area (Å²) in [6.45, 7) is 0. The van der Waals surface area contributed by atoms with Gasteiger partial charge >= 0.3 is 0 Å². The first kappa shape index (κ1) is 35.7. The molecule has 0 N–H and O–H groups in total. The lowest BCUT2D eigenvalue weighted by atomic mass is 9.99. The van der Waals surface area contributed by atoms with Crippen LogP contribution >= 0.6 is 0 Å². The Balaban J connectivity index is 0.933. The largest absolute Gasteiger partial charge is 0.333 e. The van der Waals surface area contributed by atoms with Crippen LogP contribution in [0.4, 0.5) is 0 Å². The molecule has 1 unspecified atom stereocenters. The van der Waals surface area contributed by atoms with Gasteiger partial charge in [-0.25, -0.2) is 15.0 Å². The van der Waals surface area contributed by atoms with Gasteiger partial charge in [0, 0.05) is 50.1 Å². The van der Waals surface area contributed by atoms with Gasteiger partial charge in [0.25, 0.3) is 0 Å². The molecule has 0 fully saturated rings. The van der Waals surface area contributed by atoms with Crippen LogP contribution in [-0.4, -0.2) is 29.1 Å². The van der Waals surface area contributed by atoms with Crippen molar-refractivity contribution < 1.29 is 0 Å². The highest BCUT2D eigenvalue weighted by Gasteiger charge is 2.20. The zero-order valence-electron chi connectivity index (χ0n) is 33.7. The van der Waals surface area contributed by atoms with Gasteiger partial charge in [0.05, 0.1) is 22.6 Å². The highest BCUT2D eigenvalue weighted by Crippen LogP contribution is 2.41. The van der Waals surface area contributed by atoms with Gasteiger partial charge in [0.15, 0.2) is 17.5 Å². The number of pyridine rings is 1. The molecule has 0 spiro atoms. The van der Waals surface area contributed by atoms with Crippen molar-refractivity contribution >= 4 is 43.6 Å². The number of rotatable bonds is 7. The third-order valence-electron chi connectivity index (χ3n) is 12.2. The van der Waals surface area contributed by atoms with Crippen molar-refractivity contribution in [1.82, 2.24) is 29.1 Å². The Morgan fingerprint density at radius 1 is 0.435 bits per heavy atom. The van der Waals surface area contributed by atoms with E-state index in [9.17, 15) is 0 Å². The van der Waals surface area contributed by atoms with Gasteiger partial charge in [0.2, 0.25) is 0 Å². The zero-order chi connectivity index (χ0) is 41.0. The number of fused-ring (bicyclic) bond motifs is 6. The molecule has 0 bridgehead atoms. The van der Waals surface area contributed by atoms with Gasteiger partial charge in [0.1, 0.15) is 5.69 Å². The van der Waals surface area contributed by atoms with Crippen molar-refractivity contribution in [3.63, 3.8) is 0 Å². The van der Waals surface area contributed by atoms with Gasteiger partial charge < -0.3 is 9.13 Å². The van der Waals surface area contributed by atoms with Crippen molar-refractivity contribution in [2.45, 2.75) is 12.5 Å². The Morgan fingerprint density at radius 3 is 1.81 bits per heavy atom. The van der Waals surface area contributed by atoms with Gasteiger partial charge in [-0.1, -0.05) is 152 Å². The minimum Gasteiger partial charge on any atom is -0.333 e. The van der Waals surface area contributed by atoms with E-state index in [1.54, 1.807) is 0 Å². The minimum atomic E-state index is 0.285. The van der Waals surface area contributed by atoms with Gasteiger partial charge in [-0.05, 0) is 83.3 Å². The summed E-state index contributed by atoms with van der Waals surface area (Å²) in [5, 5.41) is 4.96. The fourth-order valence-corrected chi connectivity index (χ4v) is 9.28. The standard InChI is InChI=1S/C56H38N6/c1-4-15-38(16-5-1)54-58-55(39-17-6-2-7-18-39)60-56(59-54)48-36-41(33-34-57-48)40-29-32-51-47(35-40)45-21-10-12-24-49(45)61(51)43-30-27-37(28-31-43)44-23-14-26-52-53(44)46-22-11-13-25-50(46)62(52)42-19-8-3-9-20-42/h1-19,21-36,42H,20H2. The van der Waals surface area contributed by atoms with Crippen LogP contribution in [0.3, 0.4) is 0 Å². The topological polar surface area (TPSA) is 61.4 Å². The van der Waals surface area contributed by atoms with Crippen LogP contribution in [0.25, 0.3) is 106 Å². The summed E-state index contributed by atoms with van der Waals surface area (Å²) < 4.78 is 4.89. The second-order valence-electron chi connectivity index (χ2n) is 15.8. The molecule has 6 nitrogen and oxygen atoms in total. The number of hydrogen-bond donors (Lipinski definition) is 0. The monoisotopic (exact) mass is 794 g/mol. The predicted octanol–water partition coefficient (Wildman–Crippen LogP) is 13.9. The molecular weight excluding hydrogens is 757 g/mol. The molecule has 0 saturated heterocycles. The molecule has 1 aliphatic rings. The summed E-state index contributed by atoms with van der Waals surface area (Å²) in [6, 6.07) is 64.6. The molecule has 4 heterocycles. The molecule has 6 heteroatoms. The Hall–Kier alpha value is -8.22. The van der Waals surface area contributed by atoms with Gasteiger partial charge in [-0.3, -0.25) is 4.98 Å². The molecule has 1 atom stereocenters. The molecule has 62 heavy (non-hydrogen) atoms. The maximum Gasteiger partial charge on any atom is 0.182 e. The number of nitrogens with zero attached hydrogens (tertiary/aromatic N) is 6. The first-order valence-electron chi connectivity index (χ1n) is 21.1. The van der Waals surface area contributed by atoms with Crippen LogP contribution in [0.5, 0.6) is 0 Å². The molecule has 0 radical (unpaired) electrons. The zero-order valence-corrected chi connectivity index (χ0v) is 33.7. The summed E-state index contributed by atoms with van der Waals surface area (Å²) >= 11 is 0. The van der Waals surface area contributed by atoms with Crippen molar-refractivity contribution in [3.8, 4) is 62.2 Å². The number of aromatic nitrogens is 6. The normalized spacial score (nSPS) is 13.8. The summed E-state index contributed by atoms with van der Waals surface area (Å²) in [5.41, 5.74) is 13.1. The van der Waals surface area contributed by atoms with Crippen LogP contribution in [0, 0.1) is 0 Å². The van der Waals surface area contributed by atoms with Crippen LogP contribution in [-0.2, 0) is 0 Å². The fraction of sp³-hybridized carbons (Fsp3) is 0.0357. The van der Waals surface area contributed by atoms with Gasteiger partial charge in [-0.2, -0.15) is 0 Å². The van der Waals surface area contributed by atoms with Crippen molar-refractivity contribution in [2.24, 2.45) is 0 Å². The summed E-state index contributed by atoms with van der Waals surface area (Å²) in [5.74, 6) is 1.75. The van der Waals surface area contributed by atoms with E-state index in [0.29, 0.717) is 23.2 Å². The van der Waals surface area contributed by atoms with E-state index >= 15 is 0 Å². The summed E-state index contributed by atoms with van der Waals surface area (Å²) in [7, 11) is 0. The average Bonchev–Trinajstić information content (AvgIpc) is 3.87. The van der Waals surface area contributed by atoms with E-state index in [2.05, 4.69) is 155 Å². The molecule has 11 aromatic rings. The lowest BCUT2D eigenvalue weighted by molar-refractivity contribution is 0.648. The molecule has 292 valence electrons. The highest BCUT2D eigenvalue weighted by molar-refractivity contribution is 6.15. The van der Waals surface area contributed by atoms with E-state index in [1.165, 1.54) is 43.7 Å². The van der Waals surface area contributed by atoms with E-state index in [-0.39, 0.29) is 6.04 Å². The summed E-state index contributed by atoms with van der Waals surface area (Å²) in [6.07, 6.45) is 11.7. The van der Waals surface area contributed by atoms with E-state index in [1.807, 2.05) is 66.9 Å². The second kappa shape index (κ2) is 14.8. The van der Waals surface area contributed by atoms with Gasteiger partial charge in [-0.15, -0.1) is 0 Å². The quantitative estimate of drug-likeness (QED) is 0.161. The van der Waals surface area contributed by atoms with E-state index in [4.69, 9.17) is 19.9 Å². The van der Waals surface area contributed by atoms with Crippen molar-refractivity contribution in [1.29, 1.82) is 0 Å². The van der Waals surface area contributed by atoms with Crippen LogP contribution in [0.2, 0.25) is 0 Å². The first-order chi connectivity index (χ1) is 30.7. The third kappa shape index (κ3) is 6.03. The van der Waals surface area contributed by atoms with E-state index in [0.717, 1.165) is 45.4 Å². The fourth-order valence-electron chi connectivity index (χ4n) is 9.28. The molecule has 0 aliphatic heterocycles. The predicted molar refractivity (Wildman–Crippen MR) is 254 cm³/mol. The molecule has 0 saturated carbocycles. The molecule has 0 amide bonds. The number of hydrogen-bond acceptors (Lipinski definition) is 4.